The number of piperidine rings is 1. The lowest BCUT2D eigenvalue weighted by molar-refractivity contribution is -0.117. The van der Waals surface area contributed by atoms with Crippen molar-refractivity contribution < 1.29 is 13.2 Å². The Morgan fingerprint density at radius 3 is 2.38 bits per heavy atom. The highest BCUT2D eigenvalue weighted by Crippen LogP contribution is 2.33. The number of rotatable bonds is 4. The maximum Gasteiger partial charge on any atom is 0.235 e. The number of sulfonamides is 1. The van der Waals surface area contributed by atoms with E-state index in [0.29, 0.717) is 43.1 Å². The van der Waals surface area contributed by atoms with Gasteiger partial charge in [0.1, 0.15) is 0 Å². The molecule has 0 radical (unpaired) electrons. The van der Waals surface area contributed by atoms with Crippen LogP contribution in [0.4, 0.5) is 11.4 Å². The Labute approximate surface area is 161 Å². The van der Waals surface area contributed by atoms with E-state index < -0.39 is 10.0 Å². The standard InChI is InChI=1S/C18H25N3O3S.ClH/c22-18(12-13-10-15-2-3-16(11-13)19-15)20-14-4-6-17(7-5-14)21-8-1-9-25(21,23)24;/h4-7,13,15-16,19H,1-3,8-12H2,(H,20,22);1H. The van der Waals surface area contributed by atoms with Crippen molar-refractivity contribution in [1.82, 2.24) is 5.32 Å². The Hall–Kier alpha value is -1.31. The van der Waals surface area contributed by atoms with Gasteiger partial charge in [0, 0.05) is 30.7 Å². The second-order valence-corrected chi connectivity index (χ2v) is 9.53. The zero-order valence-electron chi connectivity index (χ0n) is 14.7. The number of fused-ring (bicyclic) bond motifs is 2. The first-order valence-electron chi connectivity index (χ1n) is 9.16. The van der Waals surface area contributed by atoms with Crippen molar-refractivity contribution in [3.05, 3.63) is 24.3 Å². The van der Waals surface area contributed by atoms with E-state index >= 15 is 0 Å². The van der Waals surface area contributed by atoms with Crippen LogP contribution in [0, 0.1) is 5.92 Å². The Bertz CT molecular complexity index is 741. The molecule has 144 valence electrons. The van der Waals surface area contributed by atoms with Crippen molar-refractivity contribution >= 4 is 39.7 Å². The molecule has 2 N–H and O–H groups in total. The van der Waals surface area contributed by atoms with Gasteiger partial charge >= 0.3 is 0 Å². The first-order chi connectivity index (χ1) is 12.0. The van der Waals surface area contributed by atoms with Crippen LogP contribution in [0.25, 0.3) is 0 Å². The SMILES string of the molecule is Cl.O=C(CC1CC2CCC(C1)N2)Nc1ccc(N2CCCS2(=O)=O)cc1. The van der Waals surface area contributed by atoms with E-state index in [0.717, 1.165) is 18.5 Å². The molecule has 3 aliphatic rings. The van der Waals surface area contributed by atoms with Gasteiger partial charge in [-0.2, -0.15) is 0 Å². The molecule has 4 rings (SSSR count). The second-order valence-electron chi connectivity index (χ2n) is 7.52. The molecule has 8 heteroatoms. The third-order valence-electron chi connectivity index (χ3n) is 5.58. The van der Waals surface area contributed by atoms with E-state index in [9.17, 15) is 13.2 Å². The summed E-state index contributed by atoms with van der Waals surface area (Å²) >= 11 is 0. The Kier molecular flexibility index (Phi) is 5.79. The lowest BCUT2D eigenvalue weighted by Gasteiger charge is -2.28. The monoisotopic (exact) mass is 399 g/mol. The fourth-order valence-corrected chi connectivity index (χ4v) is 6.02. The number of nitrogens with one attached hydrogen (secondary N) is 2. The first-order valence-corrected chi connectivity index (χ1v) is 10.8. The van der Waals surface area contributed by atoms with Crippen LogP contribution in [-0.4, -0.2) is 38.7 Å². The van der Waals surface area contributed by atoms with Crippen LogP contribution < -0.4 is 14.9 Å². The summed E-state index contributed by atoms with van der Waals surface area (Å²) in [6, 6.07) is 8.30. The predicted octanol–water partition coefficient (Wildman–Crippen LogP) is 2.51. The highest BCUT2D eigenvalue weighted by Gasteiger charge is 2.34. The lowest BCUT2D eigenvalue weighted by atomic mass is 9.89. The van der Waals surface area contributed by atoms with Crippen molar-refractivity contribution in [2.45, 2.75) is 50.6 Å². The molecule has 3 saturated heterocycles. The van der Waals surface area contributed by atoms with Gasteiger partial charge in [-0.15, -0.1) is 12.4 Å². The molecule has 1 amide bonds. The highest BCUT2D eigenvalue weighted by atomic mass is 35.5. The summed E-state index contributed by atoms with van der Waals surface area (Å²) in [6.45, 7) is 0.534. The van der Waals surface area contributed by atoms with Crippen LogP contribution in [-0.2, 0) is 14.8 Å². The van der Waals surface area contributed by atoms with Crippen molar-refractivity contribution in [3.63, 3.8) is 0 Å². The molecule has 1 aromatic rings. The number of nitrogens with zero attached hydrogens (tertiary/aromatic N) is 1. The Morgan fingerprint density at radius 2 is 1.81 bits per heavy atom. The van der Waals surface area contributed by atoms with Crippen LogP contribution in [0.1, 0.15) is 38.5 Å². The summed E-state index contributed by atoms with van der Waals surface area (Å²) < 4.78 is 25.4. The van der Waals surface area contributed by atoms with Gasteiger partial charge in [-0.1, -0.05) is 0 Å². The normalized spacial score (nSPS) is 29.2. The predicted molar refractivity (Wildman–Crippen MR) is 105 cm³/mol. The fraction of sp³-hybridized carbons (Fsp3) is 0.611. The molecule has 0 aliphatic carbocycles. The molecule has 3 aliphatic heterocycles. The molecule has 1 aromatic carbocycles. The Balaban J connectivity index is 0.00000196. The molecule has 26 heavy (non-hydrogen) atoms. The molecule has 0 saturated carbocycles. The molecule has 6 nitrogen and oxygen atoms in total. The maximum absolute atomic E-state index is 12.3. The molecule has 2 unspecified atom stereocenters. The van der Waals surface area contributed by atoms with E-state index in [1.807, 2.05) is 0 Å². The van der Waals surface area contributed by atoms with Gasteiger partial charge in [0.25, 0.3) is 0 Å². The lowest BCUT2D eigenvalue weighted by Crippen LogP contribution is -2.39. The first kappa shape index (κ1) is 19.5. The molecular formula is C18H26ClN3O3S. The van der Waals surface area contributed by atoms with Gasteiger partial charge in [-0.3, -0.25) is 9.10 Å². The number of hydrogen-bond donors (Lipinski definition) is 2. The summed E-state index contributed by atoms with van der Waals surface area (Å²) in [7, 11) is -3.16. The van der Waals surface area contributed by atoms with Crippen LogP contribution >= 0.6 is 12.4 Å². The number of amides is 1. The number of hydrogen-bond acceptors (Lipinski definition) is 4. The number of halogens is 1. The summed E-state index contributed by atoms with van der Waals surface area (Å²) in [5.41, 5.74) is 1.40. The second kappa shape index (κ2) is 7.74. The molecular weight excluding hydrogens is 374 g/mol. The van der Waals surface area contributed by atoms with Gasteiger partial charge in [-0.05, 0) is 62.3 Å². The fourth-order valence-electron chi connectivity index (χ4n) is 4.46. The molecule has 0 spiro atoms. The van der Waals surface area contributed by atoms with Gasteiger partial charge < -0.3 is 10.6 Å². The highest BCUT2D eigenvalue weighted by molar-refractivity contribution is 7.93. The van der Waals surface area contributed by atoms with Crippen molar-refractivity contribution in [2.75, 3.05) is 21.9 Å². The maximum atomic E-state index is 12.3. The third kappa shape index (κ3) is 4.15. The van der Waals surface area contributed by atoms with Gasteiger partial charge in [0.2, 0.25) is 15.9 Å². The number of anilines is 2. The summed E-state index contributed by atoms with van der Waals surface area (Å²) in [4.78, 5) is 12.3. The van der Waals surface area contributed by atoms with E-state index in [1.54, 1.807) is 24.3 Å². The van der Waals surface area contributed by atoms with E-state index in [1.165, 1.54) is 17.1 Å². The zero-order valence-corrected chi connectivity index (χ0v) is 16.3. The van der Waals surface area contributed by atoms with E-state index in [4.69, 9.17) is 0 Å². The van der Waals surface area contributed by atoms with Gasteiger partial charge in [-0.25, -0.2) is 8.42 Å². The minimum Gasteiger partial charge on any atom is -0.326 e. The molecule has 2 bridgehead atoms. The number of carbonyl (C=O) groups excluding carboxylic acids is 1. The number of carbonyl (C=O) groups is 1. The molecule has 3 heterocycles. The van der Waals surface area contributed by atoms with E-state index in [-0.39, 0.29) is 24.1 Å². The summed E-state index contributed by atoms with van der Waals surface area (Å²) in [5.74, 6) is 0.726. The van der Waals surface area contributed by atoms with Gasteiger partial charge in [0.15, 0.2) is 0 Å². The topological polar surface area (TPSA) is 78.5 Å². The van der Waals surface area contributed by atoms with Crippen LogP contribution in [0.3, 0.4) is 0 Å². The minimum atomic E-state index is -3.16. The largest absolute Gasteiger partial charge is 0.326 e. The van der Waals surface area contributed by atoms with Crippen molar-refractivity contribution in [1.29, 1.82) is 0 Å². The minimum absolute atomic E-state index is 0. The van der Waals surface area contributed by atoms with Crippen LogP contribution in [0.5, 0.6) is 0 Å². The van der Waals surface area contributed by atoms with Gasteiger partial charge in [0.05, 0.1) is 11.4 Å². The summed E-state index contributed by atoms with van der Waals surface area (Å²) in [6.07, 6.45) is 5.90. The van der Waals surface area contributed by atoms with Crippen molar-refractivity contribution in [2.24, 2.45) is 5.92 Å². The van der Waals surface area contributed by atoms with Crippen LogP contribution in [0.15, 0.2) is 24.3 Å². The quantitative estimate of drug-likeness (QED) is 0.815. The van der Waals surface area contributed by atoms with Crippen LogP contribution in [0.2, 0.25) is 0 Å². The molecule has 0 aromatic heterocycles. The Morgan fingerprint density at radius 1 is 1.15 bits per heavy atom. The molecule has 2 atom stereocenters. The smallest absolute Gasteiger partial charge is 0.235 e. The third-order valence-corrected chi connectivity index (χ3v) is 7.45. The average molecular weight is 400 g/mol. The van der Waals surface area contributed by atoms with E-state index in [2.05, 4.69) is 10.6 Å². The average Bonchev–Trinajstić information content (AvgIpc) is 3.09. The molecule has 3 fully saturated rings. The van der Waals surface area contributed by atoms with Crippen molar-refractivity contribution in [3.8, 4) is 0 Å². The zero-order chi connectivity index (χ0) is 17.4. The number of benzene rings is 1. The summed E-state index contributed by atoms with van der Waals surface area (Å²) in [5, 5.41) is 6.55.